The Hall–Kier alpha value is 1.56. The van der Waals surface area contributed by atoms with Gasteiger partial charge in [0.05, 0.1) is 0 Å². The zero-order valence-corrected chi connectivity index (χ0v) is 8.26. The Bertz CT molecular complexity index is 6.85. The lowest BCUT2D eigenvalue weighted by molar-refractivity contribution is 0.690. The van der Waals surface area contributed by atoms with Gasteiger partial charge >= 0.3 is 33.2 Å². The van der Waals surface area contributed by atoms with Gasteiger partial charge in [0.25, 0.3) is 0 Å². The van der Waals surface area contributed by atoms with Crippen LogP contribution in [0, 0.1) is 0 Å². The molecule has 0 amide bonds. The molecular weight excluding hydrogens is 109 g/mol. The van der Waals surface area contributed by atoms with E-state index in [-0.39, 0.29) is 0 Å². The Morgan fingerprint density at radius 1 is 1.80 bits per heavy atom. The average Bonchev–Trinajstić information content (AvgIpc) is 1.46. The van der Waals surface area contributed by atoms with Crippen LogP contribution in [0.4, 0.5) is 0 Å². The van der Waals surface area contributed by atoms with Crippen LogP contribution in [0.25, 0.3) is 0 Å². The molecule has 0 aliphatic heterocycles. The van der Waals surface area contributed by atoms with E-state index >= 15 is 0 Å². The van der Waals surface area contributed by atoms with Crippen LogP contribution in [0.3, 0.4) is 0 Å². The maximum absolute atomic E-state index is 4.42. The molecule has 0 heterocycles. The average molecular weight is 115 g/mol. The van der Waals surface area contributed by atoms with Gasteiger partial charge in [0, 0.05) is 0 Å². The molecule has 0 aromatic rings. The largest absolute Gasteiger partial charge is 0.651 e. The first-order valence-electron chi connectivity index (χ1n) is 1.27. The normalized spacial score (nSPS) is 4.20. The van der Waals surface area contributed by atoms with E-state index < -0.39 is 0 Å². The summed E-state index contributed by atoms with van der Waals surface area (Å²) in [7, 11) is 0. The van der Waals surface area contributed by atoms with Gasteiger partial charge in [0.2, 0.25) is 0 Å². The van der Waals surface area contributed by atoms with Crippen molar-refractivity contribution in [2.24, 2.45) is 0 Å². The smallest absolute Gasteiger partial charge is 0.378 e. The summed E-state index contributed by atoms with van der Waals surface area (Å²) in [6.45, 7) is 0. The molecule has 5 heavy (non-hydrogen) atoms. The molecule has 0 aromatic heterocycles. The first-order valence-corrected chi connectivity index (χ1v) is 3.82. The molecule has 4 heteroatoms. The van der Waals surface area contributed by atoms with Gasteiger partial charge < -0.3 is 2.84 Å². The molecule has 0 unspecified atom stereocenters. The molecule has 25 valence electrons. The molecule has 0 bridgehead atoms. The maximum atomic E-state index is 4.42. The highest BCUT2D eigenvalue weighted by molar-refractivity contribution is 6.15. The SMILES string of the molecule is [AlH][O][AlH2].[CH3][Al]. The monoisotopic (exact) mass is 115 g/mol. The quantitative estimate of drug-likeness (QED) is 0.352. The van der Waals surface area contributed by atoms with E-state index in [1.807, 2.05) is 5.79 Å². The fourth-order valence-corrected chi connectivity index (χ4v) is 0. The van der Waals surface area contributed by atoms with Gasteiger partial charge in [0.1, 0.15) is 16.3 Å². The van der Waals surface area contributed by atoms with Crippen LogP contribution in [0.15, 0.2) is 0 Å². The third kappa shape index (κ3) is 29.0. The Morgan fingerprint density at radius 3 is 1.80 bits per heavy atom. The summed E-state index contributed by atoms with van der Waals surface area (Å²) >= 11 is 4.83. The number of rotatable bonds is 0. The van der Waals surface area contributed by atoms with Gasteiger partial charge in [-0.25, -0.2) is 0 Å². The second-order valence-electron chi connectivity index (χ2n) is 0.289. The fourth-order valence-electron chi connectivity index (χ4n) is 0. The van der Waals surface area contributed by atoms with Gasteiger partial charge in [0.15, 0.2) is 0 Å². The predicted molar refractivity (Wildman–Crippen MR) is 28.4 cm³/mol. The highest BCUT2D eigenvalue weighted by Gasteiger charge is 1.36. The Kier molecular flexibility index (Phi) is 34.4. The molecule has 0 fully saturated rings. The second kappa shape index (κ2) is 17.6. The van der Waals surface area contributed by atoms with Gasteiger partial charge in [-0.3, -0.25) is 0 Å². The molecule has 0 aliphatic carbocycles. The Morgan fingerprint density at radius 2 is 1.80 bits per heavy atom. The van der Waals surface area contributed by atoms with Crippen molar-refractivity contribution in [2.45, 2.75) is 5.79 Å². The minimum absolute atomic E-state index is 0.881. The van der Waals surface area contributed by atoms with Crippen LogP contribution in [0.2, 0.25) is 5.79 Å². The van der Waals surface area contributed by atoms with Crippen LogP contribution < -0.4 is 0 Å². The second-order valence-corrected chi connectivity index (χ2v) is 2.60. The number of hydrogen-bond acceptors (Lipinski definition) is 1. The number of hydrogen-bond donors (Lipinski definition) is 0. The van der Waals surface area contributed by atoms with Crippen molar-refractivity contribution in [1.82, 2.24) is 0 Å². The molecule has 0 rings (SSSR count). The molecule has 1 nitrogen and oxygen atoms in total. The van der Waals surface area contributed by atoms with Crippen molar-refractivity contribution in [3.05, 3.63) is 0 Å². The summed E-state index contributed by atoms with van der Waals surface area (Å²) in [5.41, 5.74) is 0. The molecule has 0 spiro atoms. The van der Waals surface area contributed by atoms with Gasteiger partial charge in [-0.05, 0) is 0 Å². The molecule has 3 radical (unpaired) electrons. The van der Waals surface area contributed by atoms with E-state index in [1.165, 1.54) is 16.6 Å². The van der Waals surface area contributed by atoms with E-state index in [9.17, 15) is 0 Å². The summed E-state index contributed by atoms with van der Waals surface area (Å²) in [6.07, 6.45) is 0. The van der Waals surface area contributed by atoms with Crippen molar-refractivity contribution in [1.29, 1.82) is 0 Å². The third-order valence-corrected chi connectivity index (χ3v) is 0. The summed E-state index contributed by atoms with van der Waals surface area (Å²) < 4.78 is 4.42. The minimum atomic E-state index is 0.881. The lowest BCUT2D eigenvalue weighted by Crippen LogP contribution is -1.65. The zero-order valence-electron chi connectivity index (χ0n) is 3.69. The van der Waals surface area contributed by atoms with Crippen LogP contribution in [0.5, 0.6) is 0 Å². The van der Waals surface area contributed by atoms with Crippen LogP contribution in [-0.4, -0.2) is 49.5 Å². The predicted octanol–water partition coefficient (Wildman–Crippen LogP) is -1.43. The zero-order chi connectivity index (χ0) is 4.71. The molecule has 0 saturated heterocycles. The van der Waals surface area contributed by atoms with Crippen molar-refractivity contribution in [3.63, 3.8) is 0 Å². The fraction of sp³-hybridized carbons (Fsp3) is 1.00. The topological polar surface area (TPSA) is 9.23 Å². The van der Waals surface area contributed by atoms with Crippen molar-refractivity contribution in [2.75, 3.05) is 0 Å². The van der Waals surface area contributed by atoms with Crippen LogP contribution in [-0.2, 0) is 2.84 Å². The molecule has 0 N–H and O–H groups in total. The van der Waals surface area contributed by atoms with E-state index in [0.29, 0.717) is 0 Å². The highest BCUT2D eigenvalue weighted by atomic mass is 27.2. The van der Waals surface area contributed by atoms with E-state index in [0.717, 1.165) is 16.6 Å². The highest BCUT2D eigenvalue weighted by Crippen LogP contribution is 1.20. The van der Waals surface area contributed by atoms with E-state index in [2.05, 4.69) is 19.1 Å². The van der Waals surface area contributed by atoms with Crippen molar-refractivity contribution in [3.8, 4) is 0 Å². The third-order valence-electron chi connectivity index (χ3n) is 0. The lowest BCUT2D eigenvalue weighted by Gasteiger charge is -1.64. The molecular formula is CH6Al3O. The summed E-state index contributed by atoms with van der Waals surface area (Å²) in [5, 5.41) is 0. The van der Waals surface area contributed by atoms with Gasteiger partial charge in [-0.1, -0.05) is 0 Å². The minimum Gasteiger partial charge on any atom is -0.651 e. The van der Waals surface area contributed by atoms with E-state index in [1.54, 1.807) is 0 Å². The molecule has 0 aliphatic rings. The molecule has 0 atom stereocenters. The first kappa shape index (κ1) is 9.75. The van der Waals surface area contributed by atoms with Gasteiger partial charge in [-0.2, -0.15) is 0 Å². The Labute approximate surface area is 58.0 Å². The van der Waals surface area contributed by atoms with E-state index in [4.69, 9.17) is 0 Å². The summed E-state index contributed by atoms with van der Waals surface area (Å²) in [6, 6.07) is 0. The van der Waals surface area contributed by atoms with Crippen molar-refractivity contribution < 1.29 is 2.84 Å². The Balaban J connectivity index is 0. The van der Waals surface area contributed by atoms with Crippen LogP contribution in [0.1, 0.15) is 0 Å². The maximum Gasteiger partial charge on any atom is 0.378 e. The van der Waals surface area contributed by atoms with Crippen molar-refractivity contribution >= 4 is 49.5 Å². The lowest BCUT2D eigenvalue weighted by atomic mass is 11.9. The first-order chi connectivity index (χ1) is 2.41. The summed E-state index contributed by atoms with van der Waals surface area (Å²) in [4.78, 5) is 0. The van der Waals surface area contributed by atoms with Crippen LogP contribution >= 0.6 is 0 Å². The molecule has 0 saturated carbocycles. The summed E-state index contributed by atoms with van der Waals surface area (Å²) in [5.74, 6) is 1.92. The standard InChI is InChI=1S/CH3.3Al.O.3H/h1H3;;;;;;;. The molecule has 0 aromatic carbocycles. The van der Waals surface area contributed by atoms with Gasteiger partial charge in [-0.15, -0.1) is 5.79 Å².